The number of imidazole rings is 1. The summed E-state index contributed by atoms with van der Waals surface area (Å²) in [4.78, 5) is 5.16. The van der Waals surface area contributed by atoms with E-state index in [1.165, 1.54) is 53.7 Å². The van der Waals surface area contributed by atoms with Crippen LogP contribution in [0.1, 0.15) is 50.0 Å². The summed E-state index contributed by atoms with van der Waals surface area (Å²) in [7, 11) is 1.72. The Morgan fingerprint density at radius 1 is 1.07 bits per heavy atom. The van der Waals surface area contributed by atoms with Gasteiger partial charge >= 0.3 is 0 Å². The van der Waals surface area contributed by atoms with Crippen LogP contribution in [0.25, 0.3) is 22.2 Å². The van der Waals surface area contributed by atoms with E-state index in [-0.39, 0.29) is 0 Å². The maximum atomic E-state index is 5.39. The molecule has 2 aliphatic rings. The second kappa shape index (κ2) is 6.40. The van der Waals surface area contributed by atoms with Crippen molar-refractivity contribution >= 4 is 11.0 Å². The van der Waals surface area contributed by atoms with Crippen molar-refractivity contribution in [2.24, 2.45) is 11.8 Å². The van der Waals surface area contributed by atoms with Gasteiger partial charge in [0.05, 0.1) is 18.1 Å². The number of fused-ring (bicyclic) bond motifs is 1. The molecule has 2 saturated carbocycles. The lowest BCUT2D eigenvalue weighted by atomic mass is 9.99. The summed E-state index contributed by atoms with van der Waals surface area (Å²) in [6.07, 6.45) is 6.55. The van der Waals surface area contributed by atoms with Crippen LogP contribution in [0.2, 0.25) is 0 Å². The van der Waals surface area contributed by atoms with Crippen LogP contribution in [0.5, 0.6) is 5.75 Å². The third kappa shape index (κ3) is 2.84. The van der Waals surface area contributed by atoms with E-state index < -0.39 is 0 Å². The van der Waals surface area contributed by atoms with Gasteiger partial charge in [-0.2, -0.15) is 0 Å². The number of aromatic nitrogens is 2. The molecule has 2 aliphatic carbocycles. The minimum absolute atomic E-state index is 0.664. The topological polar surface area (TPSA) is 27.1 Å². The van der Waals surface area contributed by atoms with Gasteiger partial charge in [-0.15, -0.1) is 0 Å². The largest absolute Gasteiger partial charge is 0.497 e. The molecule has 0 unspecified atom stereocenters. The van der Waals surface area contributed by atoms with Crippen molar-refractivity contribution in [1.29, 1.82) is 0 Å². The van der Waals surface area contributed by atoms with Gasteiger partial charge in [-0.1, -0.05) is 25.1 Å². The molecule has 3 heteroatoms. The molecule has 3 aromatic rings. The van der Waals surface area contributed by atoms with Crippen molar-refractivity contribution in [3.05, 3.63) is 47.8 Å². The van der Waals surface area contributed by atoms with E-state index in [0.717, 1.165) is 29.5 Å². The number of para-hydroxylation sites is 1. The highest BCUT2D eigenvalue weighted by molar-refractivity contribution is 5.93. The molecule has 140 valence electrons. The van der Waals surface area contributed by atoms with Gasteiger partial charge in [0.25, 0.3) is 0 Å². The van der Waals surface area contributed by atoms with Crippen LogP contribution in [-0.2, 0) is 6.42 Å². The summed E-state index contributed by atoms with van der Waals surface area (Å²) in [6.45, 7) is 4.40. The second-order valence-electron chi connectivity index (χ2n) is 8.27. The van der Waals surface area contributed by atoms with E-state index in [2.05, 4.69) is 54.8 Å². The SMILES string of the molecule is CCc1nc2c(-c3ccc(OC)cc3C)cccc2n1C(C1CC1)C1CC1. The molecular weight excluding hydrogens is 332 g/mol. The fourth-order valence-electron chi connectivity index (χ4n) is 4.71. The molecule has 5 rings (SSSR count). The molecule has 3 nitrogen and oxygen atoms in total. The predicted octanol–water partition coefficient (Wildman–Crippen LogP) is 5.94. The summed E-state index contributed by atoms with van der Waals surface area (Å²) >= 11 is 0. The maximum absolute atomic E-state index is 5.39. The Labute approximate surface area is 161 Å². The summed E-state index contributed by atoms with van der Waals surface area (Å²) < 4.78 is 8.01. The average molecular weight is 361 g/mol. The normalized spacial score (nSPS) is 17.0. The van der Waals surface area contributed by atoms with Crippen molar-refractivity contribution in [1.82, 2.24) is 9.55 Å². The Hall–Kier alpha value is -2.29. The molecule has 0 bridgehead atoms. The Kier molecular flexibility index (Phi) is 3.99. The minimum atomic E-state index is 0.664. The number of aryl methyl sites for hydroxylation is 2. The molecular formula is C24H28N2O. The molecule has 0 spiro atoms. The molecule has 27 heavy (non-hydrogen) atoms. The van der Waals surface area contributed by atoms with E-state index in [1.54, 1.807) is 7.11 Å². The Balaban J connectivity index is 1.70. The average Bonchev–Trinajstić information content (AvgIpc) is 3.60. The number of methoxy groups -OCH3 is 1. The molecule has 0 radical (unpaired) electrons. The van der Waals surface area contributed by atoms with Crippen LogP contribution in [0.15, 0.2) is 36.4 Å². The summed E-state index contributed by atoms with van der Waals surface area (Å²) in [5, 5.41) is 0. The van der Waals surface area contributed by atoms with Gasteiger partial charge in [0, 0.05) is 18.0 Å². The highest BCUT2D eigenvalue weighted by atomic mass is 16.5. The molecule has 1 aromatic heterocycles. The van der Waals surface area contributed by atoms with Crippen molar-refractivity contribution < 1.29 is 4.74 Å². The lowest BCUT2D eigenvalue weighted by Gasteiger charge is -2.21. The minimum Gasteiger partial charge on any atom is -0.497 e. The molecule has 0 saturated heterocycles. The van der Waals surface area contributed by atoms with Crippen LogP contribution in [0.4, 0.5) is 0 Å². The summed E-state index contributed by atoms with van der Waals surface area (Å²) in [5.41, 5.74) is 6.21. The van der Waals surface area contributed by atoms with Gasteiger partial charge in [0.1, 0.15) is 11.6 Å². The Bertz CT molecular complexity index is 983. The third-order valence-corrected chi connectivity index (χ3v) is 6.34. The van der Waals surface area contributed by atoms with Gasteiger partial charge in [-0.25, -0.2) is 4.98 Å². The van der Waals surface area contributed by atoms with E-state index in [1.807, 2.05) is 0 Å². The van der Waals surface area contributed by atoms with Crippen molar-refractivity contribution in [3.63, 3.8) is 0 Å². The lowest BCUT2D eigenvalue weighted by molar-refractivity contribution is 0.393. The molecule has 2 fully saturated rings. The quantitative estimate of drug-likeness (QED) is 0.543. The third-order valence-electron chi connectivity index (χ3n) is 6.34. The van der Waals surface area contributed by atoms with Crippen LogP contribution in [0, 0.1) is 18.8 Å². The second-order valence-corrected chi connectivity index (χ2v) is 8.27. The Morgan fingerprint density at radius 3 is 2.41 bits per heavy atom. The van der Waals surface area contributed by atoms with Crippen LogP contribution >= 0.6 is 0 Å². The van der Waals surface area contributed by atoms with Gasteiger partial charge in [-0.05, 0) is 73.8 Å². The van der Waals surface area contributed by atoms with Crippen molar-refractivity contribution in [3.8, 4) is 16.9 Å². The summed E-state index contributed by atoms with van der Waals surface area (Å²) in [5.74, 6) is 3.90. The highest BCUT2D eigenvalue weighted by Crippen LogP contribution is 2.53. The number of nitrogens with zero attached hydrogens (tertiary/aromatic N) is 2. The first-order chi connectivity index (χ1) is 13.2. The van der Waals surface area contributed by atoms with Crippen LogP contribution in [-0.4, -0.2) is 16.7 Å². The zero-order chi connectivity index (χ0) is 18.5. The molecule has 0 amide bonds. The first-order valence-corrected chi connectivity index (χ1v) is 10.4. The number of ether oxygens (including phenoxy) is 1. The predicted molar refractivity (Wildman–Crippen MR) is 110 cm³/mol. The first kappa shape index (κ1) is 16.9. The number of benzene rings is 2. The number of rotatable bonds is 6. The van der Waals surface area contributed by atoms with E-state index >= 15 is 0 Å². The van der Waals surface area contributed by atoms with Crippen LogP contribution < -0.4 is 4.74 Å². The smallest absolute Gasteiger partial charge is 0.119 e. The molecule has 2 aromatic carbocycles. The fourth-order valence-corrected chi connectivity index (χ4v) is 4.71. The first-order valence-electron chi connectivity index (χ1n) is 10.4. The lowest BCUT2D eigenvalue weighted by Crippen LogP contribution is -2.16. The van der Waals surface area contributed by atoms with Gasteiger partial charge in [0.15, 0.2) is 0 Å². The molecule has 1 heterocycles. The van der Waals surface area contributed by atoms with Crippen molar-refractivity contribution in [2.45, 2.75) is 52.0 Å². The number of hydrogen-bond donors (Lipinski definition) is 0. The van der Waals surface area contributed by atoms with E-state index in [4.69, 9.17) is 9.72 Å². The van der Waals surface area contributed by atoms with Crippen molar-refractivity contribution in [2.75, 3.05) is 7.11 Å². The molecule has 0 aliphatic heterocycles. The monoisotopic (exact) mass is 360 g/mol. The standard InChI is InChI=1S/C24H28N2O/c1-4-22-25-23-20(19-13-12-18(27-3)14-15(19)2)6-5-7-21(23)26(22)24(16-8-9-16)17-10-11-17/h5-7,12-14,16-17,24H,4,8-11H2,1-3H3. The zero-order valence-corrected chi connectivity index (χ0v) is 16.5. The molecule has 0 N–H and O–H groups in total. The van der Waals surface area contributed by atoms with E-state index in [9.17, 15) is 0 Å². The van der Waals surface area contributed by atoms with Crippen LogP contribution in [0.3, 0.4) is 0 Å². The van der Waals surface area contributed by atoms with Gasteiger partial charge in [0.2, 0.25) is 0 Å². The maximum Gasteiger partial charge on any atom is 0.119 e. The zero-order valence-electron chi connectivity index (χ0n) is 16.5. The van der Waals surface area contributed by atoms with Gasteiger partial charge < -0.3 is 9.30 Å². The molecule has 0 atom stereocenters. The summed E-state index contributed by atoms with van der Waals surface area (Å²) in [6, 6.07) is 13.7. The number of hydrogen-bond acceptors (Lipinski definition) is 2. The fraction of sp³-hybridized carbons (Fsp3) is 0.458. The highest BCUT2D eigenvalue weighted by Gasteiger charge is 2.43. The van der Waals surface area contributed by atoms with E-state index in [0.29, 0.717) is 6.04 Å². The van der Waals surface area contributed by atoms with Gasteiger partial charge in [-0.3, -0.25) is 0 Å². The Morgan fingerprint density at radius 2 is 1.81 bits per heavy atom.